The van der Waals surface area contributed by atoms with Gasteiger partial charge in [-0.25, -0.2) is 8.78 Å². The van der Waals surface area contributed by atoms with Gasteiger partial charge in [-0.15, -0.1) is 0 Å². The maximum atomic E-state index is 13.7. The van der Waals surface area contributed by atoms with Crippen LogP contribution in [-0.4, -0.2) is 12.1 Å². The molecule has 2 fully saturated rings. The van der Waals surface area contributed by atoms with Crippen LogP contribution in [0.4, 0.5) is 8.78 Å². The number of benzene rings is 1. The molecule has 1 atom stereocenters. The van der Waals surface area contributed by atoms with E-state index < -0.39 is 11.6 Å². The van der Waals surface area contributed by atoms with Crippen molar-refractivity contribution >= 4 is 5.97 Å². The fraction of sp³-hybridized carbons (Fsp3) is 0.533. The van der Waals surface area contributed by atoms with E-state index in [-0.39, 0.29) is 18.0 Å². The van der Waals surface area contributed by atoms with Gasteiger partial charge in [-0.2, -0.15) is 0 Å². The Bertz CT molecular complexity index is 485. The quantitative estimate of drug-likeness (QED) is 0.765. The zero-order valence-corrected chi connectivity index (χ0v) is 10.6. The summed E-state index contributed by atoms with van der Waals surface area (Å²) in [6, 6.07) is 4.39. The first-order valence-electron chi connectivity index (χ1n) is 6.78. The Labute approximate surface area is 110 Å². The van der Waals surface area contributed by atoms with Gasteiger partial charge < -0.3 is 4.74 Å². The van der Waals surface area contributed by atoms with Crippen LogP contribution >= 0.6 is 0 Å². The van der Waals surface area contributed by atoms with E-state index in [4.69, 9.17) is 4.74 Å². The van der Waals surface area contributed by atoms with Gasteiger partial charge in [0.2, 0.25) is 0 Å². The number of cyclic esters (lactones) is 1. The average molecular weight is 266 g/mol. The molecular formula is C15H16F2O2. The lowest BCUT2D eigenvalue weighted by Gasteiger charge is -2.37. The van der Waals surface area contributed by atoms with Crippen molar-refractivity contribution < 1.29 is 18.3 Å². The minimum Gasteiger partial charge on any atom is -0.461 e. The molecule has 1 heterocycles. The van der Waals surface area contributed by atoms with Crippen LogP contribution in [0.15, 0.2) is 18.2 Å². The van der Waals surface area contributed by atoms with Gasteiger partial charge in [-0.1, -0.05) is 12.1 Å². The topological polar surface area (TPSA) is 26.3 Å². The van der Waals surface area contributed by atoms with Gasteiger partial charge in [-0.05, 0) is 49.1 Å². The number of carbonyl (C=O) groups excluding carboxylic acids is 1. The highest BCUT2D eigenvalue weighted by Crippen LogP contribution is 2.41. The van der Waals surface area contributed by atoms with Crippen LogP contribution in [0, 0.1) is 17.6 Å². The van der Waals surface area contributed by atoms with Crippen molar-refractivity contribution in [1.29, 1.82) is 0 Å². The van der Waals surface area contributed by atoms with Gasteiger partial charge in [0.05, 0.1) is 6.42 Å². The number of ether oxygens (including phenoxy) is 1. The van der Waals surface area contributed by atoms with E-state index in [1.54, 1.807) is 12.1 Å². The second-order valence-corrected chi connectivity index (χ2v) is 5.49. The fourth-order valence-corrected chi connectivity index (χ4v) is 3.22. The molecule has 0 aromatic heterocycles. The summed E-state index contributed by atoms with van der Waals surface area (Å²) in [5.41, 5.74) is 0.490. The minimum absolute atomic E-state index is 0.0609. The standard InChI is InChI=1S/C15H16F2O2/c16-12-3-1-2-11(15(12)17)9-4-6-10(7-5-9)13-8-14(18)19-13/h1-3,9-10,13H,4-8H2. The first-order chi connectivity index (χ1) is 9.15. The van der Waals surface area contributed by atoms with E-state index in [1.165, 1.54) is 0 Å². The van der Waals surface area contributed by atoms with Crippen LogP contribution < -0.4 is 0 Å². The second-order valence-electron chi connectivity index (χ2n) is 5.49. The normalized spacial score (nSPS) is 30.6. The Morgan fingerprint density at radius 2 is 1.79 bits per heavy atom. The molecule has 1 aliphatic carbocycles. The lowest BCUT2D eigenvalue weighted by atomic mass is 9.75. The van der Waals surface area contributed by atoms with Crippen molar-refractivity contribution in [2.24, 2.45) is 5.92 Å². The Balaban J connectivity index is 1.63. The number of hydrogen-bond acceptors (Lipinski definition) is 2. The highest BCUT2D eigenvalue weighted by molar-refractivity contribution is 5.75. The van der Waals surface area contributed by atoms with Crippen LogP contribution in [0.2, 0.25) is 0 Å². The van der Waals surface area contributed by atoms with Crippen LogP contribution in [0.5, 0.6) is 0 Å². The molecule has 19 heavy (non-hydrogen) atoms. The van der Waals surface area contributed by atoms with Crippen molar-refractivity contribution in [2.75, 3.05) is 0 Å². The number of rotatable bonds is 2. The molecule has 1 aromatic carbocycles. The van der Waals surface area contributed by atoms with Gasteiger partial charge in [0.1, 0.15) is 6.10 Å². The smallest absolute Gasteiger partial charge is 0.309 e. The molecule has 2 aliphatic rings. The van der Waals surface area contributed by atoms with Gasteiger partial charge in [0.25, 0.3) is 0 Å². The fourth-order valence-electron chi connectivity index (χ4n) is 3.22. The van der Waals surface area contributed by atoms with Gasteiger partial charge >= 0.3 is 5.97 Å². The van der Waals surface area contributed by atoms with E-state index in [0.29, 0.717) is 17.9 Å². The SMILES string of the molecule is O=C1CC(C2CCC(c3cccc(F)c3F)CC2)O1. The van der Waals surface area contributed by atoms with Crippen molar-refractivity contribution in [1.82, 2.24) is 0 Å². The third-order valence-corrected chi connectivity index (χ3v) is 4.37. The first-order valence-corrected chi connectivity index (χ1v) is 6.78. The predicted octanol–water partition coefficient (Wildman–Crippen LogP) is 3.55. The van der Waals surface area contributed by atoms with Crippen molar-refractivity contribution in [3.8, 4) is 0 Å². The molecule has 1 unspecified atom stereocenters. The zero-order valence-electron chi connectivity index (χ0n) is 10.6. The zero-order chi connectivity index (χ0) is 13.4. The summed E-state index contributed by atoms with van der Waals surface area (Å²) in [6.45, 7) is 0. The predicted molar refractivity (Wildman–Crippen MR) is 65.6 cm³/mol. The number of halogens is 2. The van der Waals surface area contributed by atoms with Crippen LogP contribution in [-0.2, 0) is 9.53 Å². The first kappa shape index (κ1) is 12.6. The molecule has 0 spiro atoms. The summed E-state index contributed by atoms with van der Waals surface area (Å²) in [5, 5.41) is 0. The maximum absolute atomic E-state index is 13.7. The van der Waals surface area contributed by atoms with Gasteiger partial charge in [0, 0.05) is 0 Å². The summed E-state index contributed by atoms with van der Waals surface area (Å²) in [5.74, 6) is -1.12. The van der Waals surface area contributed by atoms with E-state index in [0.717, 1.165) is 31.7 Å². The molecule has 102 valence electrons. The molecule has 3 rings (SSSR count). The third kappa shape index (κ3) is 2.36. The highest BCUT2D eigenvalue weighted by atomic mass is 19.2. The molecule has 0 N–H and O–H groups in total. The summed E-state index contributed by atoms with van der Waals surface area (Å²) >= 11 is 0. The monoisotopic (exact) mass is 266 g/mol. The largest absolute Gasteiger partial charge is 0.461 e. The summed E-state index contributed by atoms with van der Waals surface area (Å²) in [4.78, 5) is 10.8. The van der Waals surface area contributed by atoms with Crippen molar-refractivity contribution in [2.45, 2.75) is 44.1 Å². The van der Waals surface area contributed by atoms with Gasteiger partial charge in [0.15, 0.2) is 11.6 Å². The lowest BCUT2D eigenvalue weighted by molar-refractivity contribution is -0.176. The minimum atomic E-state index is -0.771. The number of esters is 1. The molecule has 0 bridgehead atoms. The molecule has 0 radical (unpaired) electrons. The molecule has 1 aliphatic heterocycles. The Morgan fingerprint density at radius 3 is 2.42 bits per heavy atom. The molecule has 4 heteroatoms. The Morgan fingerprint density at radius 1 is 1.11 bits per heavy atom. The molecule has 0 amide bonds. The van der Waals surface area contributed by atoms with E-state index in [9.17, 15) is 13.6 Å². The summed E-state index contributed by atoms with van der Waals surface area (Å²) in [7, 11) is 0. The van der Waals surface area contributed by atoms with Crippen molar-refractivity contribution in [3.05, 3.63) is 35.4 Å². The highest BCUT2D eigenvalue weighted by Gasteiger charge is 2.38. The molecular weight excluding hydrogens is 250 g/mol. The number of hydrogen-bond donors (Lipinski definition) is 0. The average Bonchev–Trinajstić information content (AvgIpc) is 2.39. The Hall–Kier alpha value is -1.45. The van der Waals surface area contributed by atoms with Gasteiger partial charge in [-0.3, -0.25) is 4.79 Å². The van der Waals surface area contributed by atoms with E-state index >= 15 is 0 Å². The van der Waals surface area contributed by atoms with Crippen molar-refractivity contribution in [3.63, 3.8) is 0 Å². The summed E-state index contributed by atoms with van der Waals surface area (Å²) < 4.78 is 32.0. The van der Waals surface area contributed by atoms with E-state index in [1.807, 2.05) is 0 Å². The lowest BCUT2D eigenvalue weighted by Crippen LogP contribution is -2.40. The molecule has 1 saturated heterocycles. The van der Waals surface area contributed by atoms with Crippen LogP contribution in [0.25, 0.3) is 0 Å². The molecule has 1 aromatic rings. The molecule has 2 nitrogen and oxygen atoms in total. The van der Waals surface area contributed by atoms with Crippen LogP contribution in [0.3, 0.4) is 0 Å². The second kappa shape index (κ2) is 4.91. The summed E-state index contributed by atoms with van der Waals surface area (Å²) in [6.07, 6.45) is 4.07. The molecule has 1 saturated carbocycles. The Kier molecular flexibility index (Phi) is 3.25. The van der Waals surface area contributed by atoms with E-state index in [2.05, 4.69) is 0 Å². The number of carbonyl (C=O) groups is 1. The van der Waals surface area contributed by atoms with Crippen LogP contribution in [0.1, 0.15) is 43.6 Å². The maximum Gasteiger partial charge on any atom is 0.309 e. The third-order valence-electron chi connectivity index (χ3n) is 4.37.